The molecule has 0 unspecified atom stereocenters. The highest BCUT2D eigenvalue weighted by atomic mass is 16.4. The van der Waals surface area contributed by atoms with Gasteiger partial charge in [0, 0.05) is 0 Å². The summed E-state index contributed by atoms with van der Waals surface area (Å²) in [6, 6.07) is 4.19. The SMILES string of the molecule is O=C(N/C=N/O)c1cccc(C(=O)N/C=N/O)n1. The Morgan fingerprint density at radius 2 is 1.50 bits per heavy atom. The molecule has 0 aliphatic carbocycles. The number of nitrogens with one attached hydrogen (secondary N) is 2. The molecule has 1 heterocycles. The molecule has 0 aliphatic rings. The van der Waals surface area contributed by atoms with Crippen LogP contribution in [0.15, 0.2) is 28.5 Å². The van der Waals surface area contributed by atoms with Gasteiger partial charge in [-0.15, -0.1) is 0 Å². The van der Waals surface area contributed by atoms with Crippen LogP contribution in [0, 0.1) is 0 Å². The number of hydrogen-bond acceptors (Lipinski definition) is 7. The first-order valence-corrected chi connectivity index (χ1v) is 4.59. The van der Waals surface area contributed by atoms with E-state index in [9.17, 15) is 9.59 Å². The summed E-state index contributed by atoms with van der Waals surface area (Å²) in [6.07, 6.45) is 1.55. The summed E-state index contributed by atoms with van der Waals surface area (Å²) in [7, 11) is 0. The molecule has 9 heteroatoms. The van der Waals surface area contributed by atoms with Gasteiger partial charge in [0.1, 0.15) is 24.1 Å². The maximum atomic E-state index is 11.4. The first kappa shape index (κ1) is 13.1. The average Bonchev–Trinajstić information content (AvgIpc) is 2.42. The normalized spacial score (nSPS) is 10.7. The number of carbonyl (C=O) groups is 2. The fourth-order valence-electron chi connectivity index (χ4n) is 1.01. The molecule has 0 aliphatic heterocycles. The molecule has 0 bridgehead atoms. The minimum absolute atomic E-state index is 0.0384. The van der Waals surface area contributed by atoms with Gasteiger partial charge in [-0.2, -0.15) is 0 Å². The molecule has 1 aromatic rings. The van der Waals surface area contributed by atoms with E-state index in [1.165, 1.54) is 18.2 Å². The molecule has 0 saturated heterocycles. The molecule has 1 aromatic heterocycles. The minimum atomic E-state index is -0.640. The van der Waals surface area contributed by atoms with Crippen molar-refractivity contribution < 1.29 is 20.0 Å². The third-order valence-corrected chi connectivity index (χ3v) is 1.72. The second-order valence-corrected chi connectivity index (χ2v) is 2.84. The molecule has 18 heavy (non-hydrogen) atoms. The van der Waals surface area contributed by atoms with Crippen LogP contribution in [0.4, 0.5) is 0 Å². The zero-order valence-corrected chi connectivity index (χ0v) is 8.94. The smallest absolute Gasteiger partial charge is 0.275 e. The number of carbonyl (C=O) groups excluding carboxylic acids is 2. The van der Waals surface area contributed by atoms with Crippen LogP contribution < -0.4 is 10.6 Å². The van der Waals surface area contributed by atoms with Crippen molar-refractivity contribution in [3.05, 3.63) is 29.6 Å². The van der Waals surface area contributed by atoms with Crippen molar-refractivity contribution in [1.29, 1.82) is 0 Å². The number of amides is 2. The lowest BCUT2D eigenvalue weighted by Gasteiger charge is -2.02. The molecular weight excluding hydrogens is 242 g/mol. The van der Waals surface area contributed by atoms with Crippen molar-refractivity contribution >= 4 is 24.5 Å². The van der Waals surface area contributed by atoms with Crippen molar-refractivity contribution in [3.63, 3.8) is 0 Å². The maximum absolute atomic E-state index is 11.4. The van der Waals surface area contributed by atoms with Crippen LogP contribution in [0.1, 0.15) is 21.0 Å². The van der Waals surface area contributed by atoms with Gasteiger partial charge in [-0.1, -0.05) is 16.4 Å². The first-order chi connectivity index (χ1) is 8.69. The zero-order chi connectivity index (χ0) is 13.4. The van der Waals surface area contributed by atoms with Crippen LogP contribution >= 0.6 is 0 Å². The zero-order valence-electron chi connectivity index (χ0n) is 8.94. The molecule has 0 atom stereocenters. The van der Waals surface area contributed by atoms with E-state index in [-0.39, 0.29) is 11.4 Å². The van der Waals surface area contributed by atoms with Crippen molar-refractivity contribution in [2.24, 2.45) is 10.3 Å². The molecule has 0 spiro atoms. The minimum Gasteiger partial charge on any atom is -0.410 e. The number of aromatic nitrogens is 1. The van der Waals surface area contributed by atoms with E-state index in [0.29, 0.717) is 0 Å². The molecule has 2 amide bonds. The van der Waals surface area contributed by atoms with Crippen LogP contribution in [-0.4, -0.2) is 39.9 Å². The number of rotatable bonds is 4. The predicted octanol–water partition coefficient (Wildman–Crippen LogP) is -0.624. The highest BCUT2D eigenvalue weighted by Gasteiger charge is 2.10. The van der Waals surface area contributed by atoms with Crippen molar-refractivity contribution in [2.45, 2.75) is 0 Å². The third-order valence-electron chi connectivity index (χ3n) is 1.72. The topological polar surface area (TPSA) is 136 Å². The number of hydrogen-bond donors (Lipinski definition) is 4. The molecule has 0 fully saturated rings. The van der Waals surface area contributed by atoms with Crippen molar-refractivity contribution in [3.8, 4) is 0 Å². The molecule has 0 saturated carbocycles. The summed E-state index contributed by atoms with van der Waals surface area (Å²) in [4.78, 5) is 26.6. The third kappa shape index (κ3) is 3.56. The summed E-state index contributed by atoms with van der Waals surface area (Å²) in [5.41, 5.74) is -0.0769. The van der Waals surface area contributed by atoms with Crippen LogP contribution in [0.25, 0.3) is 0 Å². The predicted molar refractivity (Wildman–Crippen MR) is 59.7 cm³/mol. The van der Waals surface area contributed by atoms with Crippen LogP contribution in [0.5, 0.6) is 0 Å². The maximum Gasteiger partial charge on any atom is 0.275 e. The van der Waals surface area contributed by atoms with Gasteiger partial charge >= 0.3 is 0 Å². The largest absolute Gasteiger partial charge is 0.410 e. The van der Waals surface area contributed by atoms with Gasteiger partial charge in [0.25, 0.3) is 11.8 Å². The average molecular weight is 251 g/mol. The Kier molecular flexibility index (Phi) is 4.79. The molecule has 0 radical (unpaired) electrons. The van der Waals surface area contributed by atoms with E-state index in [0.717, 1.165) is 12.7 Å². The molecule has 9 nitrogen and oxygen atoms in total. The summed E-state index contributed by atoms with van der Waals surface area (Å²) in [5.74, 6) is -1.28. The van der Waals surface area contributed by atoms with Crippen LogP contribution in [0.2, 0.25) is 0 Å². The fraction of sp³-hybridized carbons (Fsp3) is 0. The van der Waals surface area contributed by atoms with Crippen molar-refractivity contribution in [1.82, 2.24) is 15.6 Å². The Balaban J connectivity index is 2.85. The quantitative estimate of drug-likeness (QED) is 0.244. The van der Waals surface area contributed by atoms with Gasteiger partial charge < -0.3 is 21.0 Å². The van der Waals surface area contributed by atoms with E-state index >= 15 is 0 Å². The molecule has 0 aromatic carbocycles. The van der Waals surface area contributed by atoms with Crippen LogP contribution in [-0.2, 0) is 0 Å². The van der Waals surface area contributed by atoms with Crippen molar-refractivity contribution in [2.75, 3.05) is 0 Å². The summed E-state index contributed by atoms with van der Waals surface area (Å²) < 4.78 is 0. The first-order valence-electron chi connectivity index (χ1n) is 4.59. The second-order valence-electron chi connectivity index (χ2n) is 2.84. The Hall–Kier alpha value is -2.97. The summed E-state index contributed by atoms with van der Waals surface area (Å²) in [6.45, 7) is 0. The second kappa shape index (κ2) is 6.58. The number of pyridine rings is 1. The van der Waals surface area contributed by atoms with Gasteiger partial charge in [0.05, 0.1) is 0 Å². The Morgan fingerprint density at radius 1 is 1.06 bits per heavy atom. The Labute approximate surface area is 101 Å². The summed E-state index contributed by atoms with van der Waals surface area (Å²) in [5, 5.41) is 25.7. The fourth-order valence-corrected chi connectivity index (χ4v) is 1.01. The lowest BCUT2D eigenvalue weighted by atomic mass is 10.3. The van der Waals surface area contributed by atoms with Gasteiger partial charge in [0.15, 0.2) is 0 Å². The molecular formula is C9H9N5O4. The Bertz CT molecular complexity index is 458. The van der Waals surface area contributed by atoms with Gasteiger partial charge in [-0.05, 0) is 12.1 Å². The van der Waals surface area contributed by atoms with Gasteiger partial charge in [-0.25, -0.2) is 4.98 Å². The van der Waals surface area contributed by atoms with Gasteiger partial charge in [0.2, 0.25) is 0 Å². The standard InChI is InChI=1S/C9H9N5O4/c15-8(10-4-12-17)6-2-1-3-7(14-6)9(16)11-5-13-18/h1-5,17-18H,(H,10,12,15)(H,11,13,16). The van der Waals surface area contributed by atoms with E-state index in [1.54, 1.807) is 0 Å². The van der Waals surface area contributed by atoms with E-state index in [1.807, 2.05) is 0 Å². The van der Waals surface area contributed by atoms with E-state index < -0.39 is 11.8 Å². The van der Waals surface area contributed by atoms with Crippen LogP contribution in [0.3, 0.4) is 0 Å². The molecule has 1 rings (SSSR count). The monoisotopic (exact) mass is 251 g/mol. The summed E-state index contributed by atoms with van der Waals surface area (Å²) >= 11 is 0. The highest BCUT2D eigenvalue weighted by Crippen LogP contribution is 1.99. The van der Waals surface area contributed by atoms with E-state index in [4.69, 9.17) is 10.4 Å². The van der Waals surface area contributed by atoms with E-state index in [2.05, 4.69) is 25.9 Å². The Morgan fingerprint density at radius 3 is 1.89 bits per heavy atom. The molecule has 94 valence electrons. The highest BCUT2D eigenvalue weighted by molar-refractivity contribution is 6.02. The lowest BCUT2D eigenvalue weighted by Crippen LogP contribution is -2.26. The lowest BCUT2D eigenvalue weighted by molar-refractivity contribution is 0.0968. The number of nitrogens with zero attached hydrogens (tertiary/aromatic N) is 3. The number of oxime groups is 2. The molecule has 4 N–H and O–H groups in total. The van der Waals surface area contributed by atoms with Gasteiger partial charge in [-0.3, -0.25) is 9.59 Å².